The standard InChI is InChI=1S/C22H23ClN6/c1-22(2)16-7-5-4-6-15(16)20(11-21-17(23)12-24-28(21)3)29(22)13-14-8-9-18-19(10-14)26-27-25-18/h4-10,12,20H,11,13H2,1-3H3,(H,25,26,27). The number of rotatable bonds is 4. The number of aryl methyl sites for hydroxylation is 1. The number of aromatic amines is 1. The molecule has 7 heteroatoms. The van der Waals surface area contributed by atoms with Gasteiger partial charge in [-0.15, -0.1) is 5.10 Å². The highest BCUT2D eigenvalue weighted by atomic mass is 35.5. The van der Waals surface area contributed by atoms with Gasteiger partial charge < -0.3 is 0 Å². The van der Waals surface area contributed by atoms with Gasteiger partial charge in [-0.3, -0.25) is 14.7 Å². The van der Waals surface area contributed by atoms with E-state index in [0.717, 1.165) is 34.7 Å². The molecule has 2 aromatic heterocycles. The average molecular weight is 407 g/mol. The normalized spacial score (nSPS) is 18.4. The summed E-state index contributed by atoms with van der Waals surface area (Å²) in [5.74, 6) is 0. The van der Waals surface area contributed by atoms with Crippen LogP contribution in [0.2, 0.25) is 5.02 Å². The summed E-state index contributed by atoms with van der Waals surface area (Å²) in [7, 11) is 1.95. The minimum atomic E-state index is -0.106. The van der Waals surface area contributed by atoms with E-state index < -0.39 is 0 Å². The summed E-state index contributed by atoms with van der Waals surface area (Å²) in [4.78, 5) is 2.56. The van der Waals surface area contributed by atoms with Crippen LogP contribution in [-0.4, -0.2) is 30.1 Å². The van der Waals surface area contributed by atoms with Crippen LogP contribution in [0, 0.1) is 0 Å². The van der Waals surface area contributed by atoms with Crippen molar-refractivity contribution in [1.82, 2.24) is 30.1 Å². The van der Waals surface area contributed by atoms with Crippen LogP contribution in [0.5, 0.6) is 0 Å². The third-order valence-corrected chi connectivity index (χ3v) is 6.53. The second-order valence-corrected chi connectivity index (χ2v) is 8.63. The summed E-state index contributed by atoms with van der Waals surface area (Å²) in [5.41, 5.74) is 6.74. The number of aromatic nitrogens is 5. The Kier molecular flexibility index (Phi) is 4.22. The van der Waals surface area contributed by atoms with Crippen molar-refractivity contribution in [1.29, 1.82) is 0 Å². The van der Waals surface area contributed by atoms with E-state index in [1.807, 2.05) is 17.8 Å². The quantitative estimate of drug-likeness (QED) is 0.546. The number of fused-ring (bicyclic) bond motifs is 2. The SMILES string of the molecule is Cn1ncc(Cl)c1CC1c2ccccc2C(C)(C)N1Cc1ccc2[nH]nnc2c1. The molecule has 0 spiro atoms. The summed E-state index contributed by atoms with van der Waals surface area (Å²) < 4.78 is 1.88. The first-order chi connectivity index (χ1) is 13.9. The molecule has 0 amide bonds. The highest BCUT2D eigenvalue weighted by Gasteiger charge is 2.44. The predicted octanol–water partition coefficient (Wildman–Crippen LogP) is 4.38. The zero-order chi connectivity index (χ0) is 20.2. The minimum absolute atomic E-state index is 0.106. The van der Waals surface area contributed by atoms with E-state index in [1.165, 1.54) is 16.7 Å². The van der Waals surface area contributed by atoms with Crippen LogP contribution in [0.25, 0.3) is 11.0 Å². The molecule has 1 N–H and O–H groups in total. The molecule has 148 valence electrons. The van der Waals surface area contributed by atoms with Gasteiger partial charge in [-0.1, -0.05) is 47.1 Å². The number of benzene rings is 2. The Morgan fingerprint density at radius 2 is 2.00 bits per heavy atom. The molecule has 2 aromatic carbocycles. The molecule has 1 unspecified atom stereocenters. The van der Waals surface area contributed by atoms with E-state index in [1.54, 1.807) is 6.20 Å². The number of hydrogen-bond donors (Lipinski definition) is 1. The fourth-order valence-electron chi connectivity index (χ4n) is 4.62. The molecule has 0 fully saturated rings. The number of halogens is 1. The molecule has 1 aliphatic heterocycles. The Labute approximate surface area is 174 Å². The van der Waals surface area contributed by atoms with Crippen LogP contribution in [0.3, 0.4) is 0 Å². The van der Waals surface area contributed by atoms with Gasteiger partial charge in [0.15, 0.2) is 0 Å². The molecule has 5 rings (SSSR count). The second kappa shape index (κ2) is 6.68. The van der Waals surface area contributed by atoms with E-state index in [2.05, 4.69) is 75.7 Å². The van der Waals surface area contributed by atoms with Gasteiger partial charge in [-0.25, -0.2) is 0 Å². The molecule has 0 aliphatic carbocycles. The Hall–Kier alpha value is -2.70. The molecular formula is C22H23ClN6. The zero-order valence-electron chi connectivity index (χ0n) is 16.7. The maximum Gasteiger partial charge on any atom is 0.113 e. The fourth-order valence-corrected chi connectivity index (χ4v) is 4.86. The largest absolute Gasteiger partial charge is 0.282 e. The van der Waals surface area contributed by atoms with Crippen molar-refractivity contribution in [2.24, 2.45) is 7.05 Å². The molecule has 6 nitrogen and oxygen atoms in total. The molecule has 0 radical (unpaired) electrons. The summed E-state index contributed by atoms with van der Waals surface area (Å²) in [6, 6.07) is 15.3. The first-order valence-corrected chi connectivity index (χ1v) is 10.1. The van der Waals surface area contributed by atoms with E-state index >= 15 is 0 Å². The smallest absolute Gasteiger partial charge is 0.113 e. The number of nitrogens with one attached hydrogen (secondary N) is 1. The monoisotopic (exact) mass is 406 g/mol. The highest BCUT2D eigenvalue weighted by Crippen LogP contribution is 2.48. The van der Waals surface area contributed by atoms with Gasteiger partial charge in [-0.05, 0) is 42.7 Å². The lowest BCUT2D eigenvalue weighted by Gasteiger charge is -2.36. The molecule has 0 saturated carbocycles. The lowest BCUT2D eigenvalue weighted by molar-refractivity contribution is 0.0835. The molecule has 3 heterocycles. The van der Waals surface area contributed by atoms with Gasteiger partial charge in [0, 0.05) is 31.6 Å². The first-order valence-electron chi connectivity index (χ1n) is 9.77. The van der Waals surface area contributed by atoms with Gasteiger partial charge >= 0.3 is 0 Å². The summed E-state index contributed by atoms with van der Waals surface area (Å²) in [6.07, 6.45) is 2.54. The first kappa shape index (κ1) is 18.3. The van der Waals surface area contributed by atoms with E-state index in [-0.39, 0.29) is 11.6 Å². The molecule has 1 aliphatic rings. The number of H-pyrrole nitrogens is 1. The van der Waals surface area contributed by atoms with Gasteiger partial charge in [0.25, 0.3) is 0 Å². The predicted molar refractivity (Wildman–Crippen MR) is 114 cm³/mol. The Morgan fingerprint density at radius 1 is 1.17 bits per heavy atom. The Balaban J connectivity index is 1.56. The highest BCUT2D eigenvalue weighted by molar-refractivity contribution is 6.31. The van der Waals surface area contributed by atoms with Crippen LogP contribution in [0.4, 0.5) is 0 Å². The van der Waals surface area contributed by atoms with Crippen LogP contribution in [-0.2, 0) is 25.6 Å². The van der Waals surface area contributed by atoms with Crippen LogP contribution in [0.1, 0.15) is 42.3 Å². The van der Waals surface area contributed by atoms with Gasteiger partial charge in [-0.2, -0.15) is 5.10 Å². The molecule has 4 aromatic rings. The van der Waals surface area contributed by atoms with E-state index in [0.29, 0.717) is 0 Å². The van der Waals surface area contributed by atoms with Crippen molar-refractivity contribution >= 4 is 22.6 Å². The summed E-state index contributed by atoms with van der Waals surface area (Å²) in [5, 5.41) is 16.1. The topological polar surface area (TPSA) is 62.6 Å². The van der Waals surface area contributed by atoms with Crippen molar-refractivity contribution < 1.29 is 0 Å². The van der Waals surface area contributed by atoms with Crippen LogP contribution in [0.15, 0.2) is 48.7 Å². The molecule has 1 atom stereocenters. The fraction of sp³-hybridized carbons (Fsp3) is 0.318. The zero-order valence-corrected chi connectivity index (χ0v) is 17.5. The molecule has 0 saturated heterocycles. The summed E-state index contributed by atoms with van der Waals surface area (Å²) in [6.45, 7) is 5.40. The number of nitrogens with zero attached hydrogens (tertiary/aromatic N) is 5. The van der Waals surface area contributed by atoms with E-state index in [9.17, 15) is 0 Å². The van der Waals surface area contributed by atoms with Crippen molar-refractivity contribution in [3.63, 3.8) is 0 Å². The van der Waals surface area contributed by atoms with Crippen molar-refractivity contribution in [2.75, 3.05) is 0 Å². The third kappa shape index (κ3) is 2.94. The number of hydrogen-bond acceptors (Lipinski definition) is 4. The van der Waals surface area contributed by atoms with Gasteiger partial charge in [0.2, 0.25) is 0 Å². The van der Waals surface area contributed by atoms with Gasteiger partial charge in [0.05, 0.1) is 22.4 Å². The molecule has 29 heavy (non-hydrogen) atoms. The minimum Gasteiger partial charge on any atom is -0.282 e. The lowest BCUT2D eigenvalue weighted by atomic mass is 9.93. The maximum absolute atomic E-state index is 6.46. The third-order valence-electron chi connectivity index (χ3n) is 6.21. The molecule has 0 bridgehead atoms. The van der Waals surface area contributed by atoms with E-state index in [4.69, 9.17) is 11.6 Å². The lowest BCUT2D eigenvalue weighted by Crippen LogP contribution is -2.38. The Bertz CT molecular complexity index is 1170. The Morgan fingerprint density at radius 3 is 2.79 bits per heavy atom. The second-order valence-electron chi connectivity index (χ2n) is 8.22. The van der Waals surface area contributed by atoms with Gasteiger partial charge in [0.1, 0.15) is 5.52 Å². The van der Waals surface area contributed by atoms with Crippen LogP contribution >= 0.6 is 11.6 Å². The summed E-state index contributed by atoms with van der Waals surface area (Å²) >= 11 is 6.46. The van der Waals surface area contributed by atoms with Crippen LogP contribution < -0.4 is 0 Å². The molecular weight excluding hydrogens is 384 g/mol. The van der Waals surface area contributed by atoms with Crippen molar-refractivity contribution in [3.05, 3.63) is 76.1 Å². The average Bonchev–Trinajstić information content (AvgIpc) is 3.36. The maximum atomic E-state index is 6.46. The van der Waals surface area contributed by atoms with Crippen molar-refractivity contribution in [2.45, 2.75) is 38.4 Å². The van der Waals surface area contributed by atoms with Crippen molar-refractivity contribution in [3.8, 4) is 0 Å².